The number of thiazole rings is 1. The van der Waals surface area contributed by atoms with E-state index in [1.165, 1.54) is 27.8 Å². The lowest BCUT2D eigenvalue weighted by Gasteiger charge is -2.13. The molecule has 0 saturated heterocycles. The first-order chi connectivity index (χ1) is 11.7. The van der Waals surface area contributed by atoms with Gasteiger partial charge in [0.2, 0.25) is 5.91 Å². The first-order valence-electron chi connectivity index (χ1n) is 7.82. The molecule has 0 unspecified atom stereocenters. The lowest BCUT2D eigenvalue weighted by Crippen LogP contribution is -2.15. The summed E-state index contributed by atoms with van der Waals surface area (Å²) >= 11 is 1.51. The summed E-state index contributed by atoms with van der Waals surface area (Å²) < 4.78 is 13.6. The highest BCUT2D eigenvalue weighted by Crippen LogP contribution is 2.37. The van der Waals surface area contributed by atoms with Crippen LogP contribution in [0.2, 0.25) is 0 Å². The fraction of sp³-hybridized carbons (Fsp3) is 0.158. The van der Waals surface area contributed by atoms with Gasteiger partial charge in [-0.05, 0) is 30.0 Å². The smallest absolute Gasteiger partial charge is 0.230 e. The number of nitrogens with one attached hydrogen (secondary N) is 1. The lowest BCUT2D eigenvalue weighted by molar-refractivity contribution is -0.115. The zero-order chi connectivity index (χ0) is 16.5. The van der Waals surface area contributed by atoms with Crippen LogP contribution in [0.4, 0.5) is 9.52 Å². The Morgan fingerprint density at radius 3 is 2.79 bits per heavy atom. The van der Waals surface area contributed by atoms with Crippen molar-refractivity contribution >= 4 is 22.4 Å². The Bertz CT molecular complexity index is 919. The third-order valence-electron chi connectivity index (χ3n) is 4.15. The van der Waals surface area contributed by atoms with Gasteiger partial charge in [0.25, 0.3) is 0 Å². The molecule has 0 fully saturated rings. The van der Waals surface area contributed by atoms with Gasteiger partial charge in [-0.1, -0.05) is 42.5 Å². The van der Waals surface area contributed by atoms with Gasteiger partial charge in [-0.25, -0.2) is 9.37 Å². The Balaban J connectivity index is 1.54. The lowest BCUT2D eigenvalue weighted by atomic mass is 9.94. The molecular weight excluding hydrogens is 323 g/mol. The molecule has 4 rings (SSSR count). The Kier molecular flexibility index (Phi) is 3.86. The van der Waals surface area contributed by atoms with E-state index in [9.17, 15) is 9.18 Å². The number of carbonyl (C=O) groups excluding carboxylic acids is 1. The minimum Gasteiger partial charge on any atom is -0.302 e. The van der Waals surface area contributed by atoms with E-state index in [1.807, 2.05) is 12.1 Å². The van der Waals surface area contributed by atoms with Gasteiger partial charge in [0, 0.05) is 10.4 Å². The van der Waals surface area contributed by atoms with E-state index in [-0.39, 0.29) is 18.1 Å². The van der Waals surface area contributed by atoms with Crippen LogP contribution in [0.3, 0.4) is 0 Å². The summed E-state index contributed by atoms with van der Waals surface area (Å²) in [5, 5.41) is 3.39. The average Bonchev–Trinajstić information content (AvgIpc) is 3.00. The van der Waals surface area contributed by atoms with Crippen LogP contribution in [0, 0.1) is 5.82 Å². The Hall–Kier alpha value is -2.53. The van der Waals surface area contributed by atoms with Crippen molar-refractivity contribution in [2.45, 2.75) is 19.3 Å². The van der Waals surface area contributed by atoms with E-state index < -0.39 is 0 Å². The van der Waals surface area contributed by atoms with Gasteiger partial charge in [-0.2, -0.15) is 0 Å². The highest BCUT2D eigenvalue weighted by molar-refractivity contribution is 7.16. The SMILES string of the molecule is O=C(Cc1ccccc1F)Nc1nc2c(s1)CCc1ccccc1-2. The molecule has 1 N–H and O–H groups in total. The largest absolute Gasteiger partial charge is 0.302 e. The second kappa shape index (κ2) is 6.17. The molecule has 1 amide bonds. The second-order valence-electron chi connectivity index (χ2n) is 5.76. The Morgan fingerprint density at radius 2 is 1.92 bits per heavy atom. The van der Waals surface area contributed by atoms with Crippen molar-refractivity contribution in [3.05, 3.63) is 70.4 Å². The number of anilines is 1. The number of amides is 1. The van der Waals surface area contributed by atoms with Crippen molar-refractivity contribution < 1.29 is 9.18 Å². The molecule has 24 heavy (non-hydrogen) atoms. The second-order valence-corrected chi connectivity index (χ2v) is 6.85. The monoisotopic (exact) mass is 338 g/mol. The Labute approximate surface area is 143 Å². The zero-order valence-electron chi connectivity index (χ0n) is 12.9. The summed E-state index contributed by atoms with van der Waals surface area (Å²) in [6.07, 6.45) is 1.94. The third-order valence-corrected chi connectivity index (χ3v) is 5.18. The van der Waals surface area contributed by atoms with Gasteiger partial charge in [0.15, 0.2) is 5.13 Å². The molecule has 0 atom stereocenters. The predicted molar refractivity (Wildman–Crippen MR) is 93.7 cm³/mol. The molecule has 3 nitrogen and oxygen atoms in total. The number of aromatic nitrogens is 1. The van der Waals surface area contributed by atoms with Crippen LogP contribution in [0.15, 0.2) is 48.5 Å². The van der Waals surface area contributed by atoms with E-state index in [4.69, 9.17) is 0 Å². The number of carbonyl (C=O) groups is 1. The van der Waals surface area contributed by atoms with Crippen LogP contribution in [0.25, 0.3) is 11.3 Å². The molecule has 1 aliphatic rings. The average molecular weight is 338 g/mol. The highest BCUT2D eigenvalue weighted by Gasteiger charge is 2.21. The summed E-state index contributed by atoms with van der Waals surface area (Å²) in [6.45, 7) is 0. The van der Waals surface area contributed by atoms with Gasteiger partial charge < -0.3 is 5.32 Å². The van der Waals surface area contributed by atoms with Crippen LogP contribution >= 0.6 is 11.3 Å². The molecule has 120 valence electrons. The molecule has 0 aliphatic heterocycles. The quantitative estimate of drug-likeness (QED) is 0.776. The number of hydrogen-bond acceptors (Lipinski definition) is 3. The van der Waals surface area contributed by atoms with Crippen LogP contribution in [0.5, 0.6) is 0 Å². The molecule has 0 saturated carbocycles. The number of benzene rings is 2. The summed E-state index contributed by atoms with van der Waals surface area (Å²) in [5.41, 5.74) is 3.79. The number of nitrogens with zero attached hydrogens (tertiary/aromatic N) is 1. The van der Waals surface area contributed by atoms with Crippen LogP contribution in [-0.4, -0.2) is 10.9 Å². The predicted octanol–water partition coefficient (Wildman–Crippen LogP) is 4.23. The standard InChI is InChI=1S/C19H15FN2OS/c20-15-8-4-2-6-13(15)11-17(23)21-19-22-18-14-7-3-1-5-12(14)9-10-16(18)24-19/h1-8H,9-11H2,(H,21,22,23). The summed E-state index contributed by atoms with van der Waals surface area (Å²) in [4.78, 5) is 18.0. The molecule has 0 bridgehead atoms. The Morgan fingerprint density at radius 1 is 1.12 bits per heavy atom. The van der Waals surface area contributed by atoms with Gasteiger partial charge in [-0.15, -0.1) is 11.3 Å². The number of rotatable bonds is 3. The summed E-state index contributed by atoms with van der Waals surface area (Å²) in [6, 6.07) is 14.6. The fourth-order valence-electron chi connectivity index (χ4n) is 2.98. The van der Waals surface area contributed by atoms with Crippen molar-refractivity contribution in [3.63, 3.8) is 0 Å². The van der Waals surface area contributed by atoms with E-state index in [0.717, 1.165) is 24.1 Å². The van der Waals surface area contributed by atoms with Crippen molar-refractivity contribution in [3.8, 4) is 11.3 Å². The zero-order valence-corrected chi connectivity index (χ0v) is 13.7. The summed E-state index contributed by atoms with van der Waals surface area (Å²) in [7, 11) is 0. The molecule has 0 spiro atoms. The van der Waals surface area contributed by atoms with Crippen LogP contribution < -0.4 is 5.32 Å². The molecule has 0 radical (unpaired) electrons. The van der Waals surface area contributed by atoms with Gasteiger partial charge in [-0.3, -0.25) is 4.79 Å². The van der Waals surface area contributed by atoms with Crippen LogP contribution in [0.1, 0.15) is 16.0 Å². The van der Waals surface area contributed by atoms with E-state index in [0.29, 0.717) is 10.7 Å². The number of hydrogen-bond donors (Lipinski definition) is 1. The highest BCUT2D eigenvalue weighted by atomic mass is 32.1. The molecule has 1 aromatic heterocycles. The molecule has 3 aromatic rings. The van der Waals surface area contributed by atoms with E-state index in [2.05, 4.69) is 22.4 Å². The topological polar surface area (TPSA) is 42.0 Å². The molecule has 1 heterocycles. The van der Waals surface area contributed by atoms with E-state index in [1.54, 1.807) is 18.2 Å². The number of aryl methyl sites for hydroxylation is 2. The molecule has 2 aromatic carbocycles. The molecule has 1 aliphatic carbocycles. The minimum atomic E-state index is -0.361. The van der Waals surface area contributed by atoms with Crippen molar-refractivity contribution in [1.29, 1.82) is 0 Å². The van der Waals surface area contributed by atoms with Crippen LogP contribution in [-0.2, 0) is 24.1 Å². The maximum absolute atomic E-state index is 13.6. The molecular formula is C19H15FN2OS. The summed E-state index contributed by atoms with van der Waals surface area (Å²) in [5.74, 6) is -0.612. The van der Waals surface area contributed by atoms with Gasteiger partial charge in [0.1, 0.15) is 5.82 Å². The first kappa shape index (κ1) is 15.0. The van der Waals surface area contributed by atoms with Gasteiger partial charge in [0.05, 0.1) is 12.1 Å². The third kappa shape index (κ3) is 2.83. The molecule has 5 heteroatoms. The fourth-order valence-corrected chi connectivity index (χ4v) is 3.97. The van der Waals surface area contributed by atoms with Crippen molar-refractivity contribution in [2.75, 3.05) is 5.32 Å². The number of halogens is 1. The minimum absolute atomic E-state index is 0.00745. The van der Waals surface area contributed by atoms with E-state index >= 15 is 0 Å². The van der Waals surface area contributed by atoms with Gasteiger partial charge >= 0.3 is 0 Å². The maximum atomic E-state index is 13.6. The van der Waals surface area contributed by atoms with Crippen molar-refractivity contribution in [1.82, 2.24) is 4.98 Å². The maximum Gasteiger partial charge on any atom is 0.230 e. The van der Waals surface area contributed by atoms with Crippen molar-refractivity contribution in [2.24, 2.45) is 0 Å². The normalized spacial score (nSPS) is 12.4. The first-order valence-corrected chi connectivity index (χ1v) is 8.63. The number of fused-ring (bicyclic) bond motifs is 3.